The van der Waals surface area contributed by atoms with E-state index in [1.165, 1.54) is 6.08 Å². The molecule has 0 spiro atoms. The summed E-state index contributed by atoms with van der Waals surface area (Å²) in [4.78, 5) is 23.3. The number of hydrogen-bond acceptors (Lipinski definition) is 3. The van der Waals surface area contributed by atoms with E-state index >= 15 is 0 Å². The number of carbonyl (C=O) groups is 2. The Balaban J connectivity index is 2.13. The van der Waals surface area contributed by atoms with Crippen molar-refractivity contribution in [1.29, 1.82) is 0 Å². The van der Waals surface area contributed by atoms with Gasteiger partial charge >= 0.3 is 11.9 Å². The number of hydrogen-bond donors (Lipinski definition) is 0. The van der Waals surface area contributed by atoms with Crippen LogP contribution in [-0.4, -0.2) is 18.1 Å². The van der Waals surface area contributed by atoms with Crippen LogP contribution < -0.4 is 0 Å². The van der Waals surface area contributed by atoms with Gasteiger partial charge in [-0.15, -0.1) is 0 Å². The first kappa shape index (κ1) is 11.8. The molecule has 0 saturated carbocycles. The van der Waals surface area contributed by atoms with E-state index in [-0.39, 0.29) is 11.1 Å². The zero-order chi connectivity index (χ0) is 13.6. The molecule has 0 aromatic heterocycles. The highest BCUT2D eigenvalue weighted by Gasteiger charge is 2.50. The maximum atomic E-state index is 14.4. The molecule has 1 aromatic carbocycles. The number of alkyl halides is 1. The Hall–Kier alpha value is -2.23. The Kier molecular flexibility index (Phi) is 2.59. The van der Waals surface area contributed by atoms with E-state index in [0.29, 0.717) is 5.56 Å². The molecule has 3 nitrogen and oxygen atoms in total. The predicted octanol–water partition coefficient (Wildman–Crippen LogP) is 2.30. The number of cyclic esters (lactones) is 2. The van der Waals surface area contributed by atoms with Crippen LogP contribution in [0.3, 0.4) is 0 Å². The number of halogens is 1. The number of fused-ring (bicyclic) bond motifs is 1. The van der Waals surface area contributed by atoms with Crippen molar-refractivity contribution in [2.24, 2.45) is 5.92 Å². The van der Waals surface area contributed by atoms with E-state index in [2.05, 4.69) is 11.3 Å². The van der Waals surface area contributed by atoms with Gasteiger partial charge in [-0.25, -0.2) is 9.18 Å². The van der Waals surface area contributed by atoms with Crippen LogP contribution >= 0.6 is 0 Å². The third-order valence-corrected chi connectivity index (χ3v) is 3.57. The molecule has 0 unspecified atom stereocenters. The topological polar surface area (TPSA) is 43.4 Å². The van der Waals surface area contributed by atoms with Crippen molar-refractivity contribution in [2.75, 3.05) is 0 Å². The van der Waals surface area contributed by atoms with Crippen LogP contribution in [0.1, 0.15) is 11.5 Å². The summed E-state index contributed by atoms with van der Waals surface area (Å²) in [6, 6.07) is 8.83. The van der Waals surface area contributed by atoms with Crippen LogP contribution in [-0.2, 0) is 14.3 Å². The van der Waals surface area contributed by atoms with Crippen LogP contribution in [0, 0.1) is 5.92 Å². The number of benzene rings is 1. The summed E-state index contributed by atoms with van der Waals surface area (Å²) in [5.74, 6) is -2.98. The third kappa shape index (κ3) is 1.71. The normalized spacial score (nSPS) is 29.8. The van der Waals surface area contributed by atoms with E-state index in [4.69, 9.17) is 0 Å². The summed E-state index contributed by atoms with van der Waals surface area (Å²) in [6.45, 7) is 3.62. The standard InChI is InChI=1S/C15H11FO3/c1-8-7-10-12(15(18)19-14(10)17)11(13(8)16)9-5-3-2-4-6-9/h2-7,11-13H,1H2/t11-,12-,13-/m0/s1. The molecule has 1 aliphatic carbocycles. The van der Waals surface area contributed by atoms with Gasteiger partial charge in [-0.3, -0.25) is 4.79 Å². The summed E-state index contributed by atoms with van der Waals surface area (Å²) in [5, 5.41) is 0. The van der Waals surface area contributed by atoms with Crippen LogP contribution in [0.15, 0.2) is 54.1 Å². The number of allylic oxidation sites excluding steroid dienone is 2. The van der Waals surface area contributed by atoms with E-state index < -0.39 is 29.9 Å². The lowest BCUT2D eigenvalue weighted by Crippen LogP contribution is -2.31. The van der Waals surface area contributed by atoms with Crippen LogP contribution in [0.4, 0.5) is 4.39 Å². The van der Waals surface area contributed by atoms with Gasteiger partial charge in [0.05, 0.1) is 11.5 Å². The van der Waals surface area contributed by atoms with Crippen molar-refractivity contribution < 1.29 is 18.7 Å². The van der Waals surface area contributed by atoms with Crippen LogP contribution in [0.2, 0.25) is 0 Å². The van der Waals surface area contributed by atoms with E-state index in [1.807, 2.05) is 6.07 Å². The first-order valence-electron chi connectivity index (χ1n) is 5.95. The highest BCUT2D eigenvalue weighted by Crippen LogP contribution is 2.45. The molecule has 4 heteroatoms. The molecule has 0 radical (unpaired) electrons. The van der Waals surface area contributed by atoms with E-state index in [0.717, 1.165) is 0 Å². The summed E-state index contributed by atoms with van der Waals surface area (Å²) in [5.41, 5.74) is 1.07. The number of esters is 2. The molecule has 1 aliphatic heterocycles. The molecule has 0 amide bonds. The summed E-state index contributed by atoms with van der Waals surface area (Å²) in [7, 11) is 0. The summed E-state index contributed by atoms with van der Waals surface area (Å²) in [6.07, 6.45) is -0.0586. The molecule has 0 N–H and O–H groups in total. The minimum Gasteiger partial charge on any atom is -0.389 e. The highest BCUT2D eigenvalue weighted by atomic mass is 19.1. The lowest BCUT2D eigenvalue weighted by Gasteiger charge is -2.29. The number of ether oxygens (including phenoxy) is 1. The lowest BCUT2D eigenvalue weighted by molar-refractivity contribution is -0.153. The van der Waals surface area contributed by atoms with Crippen molar-refractivity contribution in [3.05, 3.63) is 59.7 Å². The average molecular weight is 258 g/mol. The predicted molar refractivity (Wildman–Crippen MR) is 65.9 cm³/mol. The zero-order valence-corrected chi connectivity index (χ0v) is 10.0. The van der Waals surface area contributed by atoms with Gasteiger partial charge in [-0.05, 0) is 17.2 Å². The van der Waals surface area contributed by atoms with Crippen molar-refractivity contribution in [2.45, 2.75) is 12.1 Å². The summed E-state index contributed by atoms with van der Waals surface area (Å²) >= 11 is 0. The van der Waals surface area contributed by atoms with Gasteiger partial charge in [0, 0.05) is 5.92 Å². The molecule has 19 heavy (non-hydrogen) atoms. The minimum absolute atomic E-state index is 0.201. The monoisotopic (exact) mass is 258 g/mol. The fourth-order valence-corrected chi connectivity index (χ4v) is 2.67. The van der Waals surface area contributed by atoms with Gasteiger partial charge < -0.3 is 4.74 Å². The molecule has 1 fully saturated rings. The van der Waals surface area contributed by atoms with Crippen LogP contribution in [0.25, 0.3) is 0 Å². The van der Waals surface area contributed by atoms with E-state index in [1.54, 1.807) is 24.3 Å². The van der Waals surface area contributed by atoms with Gasteiger partial charge in [0.15, 0.2) is 0 Å². The Morgan fingerprint density at radius 2 is 1.84 bits per heavy atom. The molecule has 3 rings (SSSR count). The van der Waals surface area contributed by atoms with Gasteiger partial charge in [0.2, 0.25) is 0 Å². The van der Waals surface area contributed by atoms with Crippen molar-refractivity contribution >= 4 is 11.9 Å². The quantitative estimate of drug-likeness (QED) is 0.573. The molecule has 96 valence electrons. The molecule has 0 bridgehead atoms. The Bertz CT molecular complexity index is 603. The molecule has 2 aliphatic rings. The van der Waals surface area contributed by atoms with Crippen molar-refractivity contribution in [1.82, 2.24) is 0 Å². The SMILES string of the molecule is C=C1C=C2C(=O)OC(=O)[C@@H]2[C@H](c2ccccc2)[C@H]1F. The number of rotatable bonds is 1. The smallest absolute Gasteiger partial charge is 0.342 e. The minimum atomic E-state index is -1.39. The Labute approximate surface area is 109 Å². The Morgan fingerprint density at radius 3 is 2.53 bits per heavy atom. The average Bonchev–Trinajstić information content (AvgIpc) is 2.67. The van der Waals surface area contributed by atoms with Gasteiger partial charge in [0.1, 0.15) is 6.17 Å². The first-order chi connectivity index (χ1) is 9.09. The van der Waals surface area contributed by atoms with E-state index in [9.17, 15) is 14.0 Å². The van der Waals surface area contributed by atoms with Crippen LogP contribution in [0.5, 0.6) is 0 Å². The largest absolute Gasteiger partial charge is 0.389 e. The van der Waals surface area contributed by atoms with Gasteiger partial charge in [-0.1, -0.05) is 36.9 Å². The second kappa shape index (κ2) is 4.16. The molecule has 1 aromatic rings. The maximum absolute atomic E-state index is 14.4. The second-order valence-electron chi connectivity index (χ2n) is 4.70. The molecule has 1 saturated heterocycles. The fourth-order valence-electron chi connectivity index (χ4n) is 2.67. The fraction of sp³-hybridized carbons (Fsp3) is 0.200. The molecule has 3 atom stereocenters. The number of carbonyl (C=O) groups excluding carboxylic acids is 2. The first-order valence-corrected chi connectivity index (χ1v) is 5.95. The Morgan fingerprint density at radius 1 is 1.16 bits per heavy atom. The highest BCUT2D eigenvalue weighted by molar-refractivity contribution is 6.08. The van der Waals surface area contributed by atoms with Gasteiger partial charge in [0.25, 0.3) is 0 Å². The summed E-state index contributed by atoms with van der Waals surface area (Å²) < 4.78 is 19.0. The maximum Gasteiger partial charge on any atom is 0.342 e. The molecular weight excluding hydrogens is 247 g/mol. The van der Waals surface area contributed by atoms with Crippen molar-refractivity contribution in [3.8, 4) is 0 Å². The van der Waals surface area contributed by atoms with Crippen molar-refractivity contribution in [3.63, 3.8) is 0 Å². The molecular formula is C15H11FO3. The van der Waals surface area contributed by atoms with Gasteiger partial charge in [-0.2, -0.15) is 0 Å². The second-order valence-corrected chi connectivity index (χ2v) is 4.70. The lowest BCUT2D eigenvalue weighted by atomic mass is 9.73. The zero-order valence-electron chi connectivity index (χ0n) is 10.0. The molecule has 1 heterocycles. The third-order valence-electron chi connectivity index (χ3n) is 3.57.